The highest BCUT2D eigenvalue weighted by atomic mass is 35.5. The van der Waals surface area contributed by atoms with Gasteiger partial charge in [0, 0.05) is 5.88 Å². The highest BCUT2D eigenvalue weighted by molar-refractivity contribution is 7.53. The number of rotatable bonds is 7. The molecular formula is C9H20ClO3P. The van der Waals surface area contributed by atoms with Gasteiger partial charge in [0.25, 0.3) is 0 Å². The van der Waals surface area contributed by atoms with Crippen molar-refractivity contribution in [2.24, 2.45) is 0 Å². The SMILES string of the molecule is CC(C)OP(=O)(CCCCl)OC(C)C. The number of hydrogen-bond acceptors (Lipinski definition) is 3. The minimum absolute atomic E-state index is 0.0880. The van der Waals surface area contributed by atoms with Crippen molar-refractivity contribution in [3.05, 3.63) is 0 Å². The van der Waals surface area contributed by atoms with Gasteiger partial charge in [-0.05, 0) is 34.1 Å². The van der Waals surface area contributed by atoms with Crippen molar-refractivity contribution in [2.45, 2.75) is 46.3 Å². The molecule has 0 rings (SSSR count). The highest BCUT2D eigenvalue weighted by Crippen LogP contribution is 2.50. The second kappa shape index (κ2) is 6.84. The van der Waals surface area contributed by atoms with Gasteiger partial charge in [-0.1, -0.05) is 0 Å². The van der Waals surface area contributed by atoms with Gasteiger partial charge in [-0.2, -0.15) is 0 Å². The highest BCUT2D eigenvalue weighted by Gasteiger charge is 2.26. The van der Waals surface area contributed by atoms with E-state index >= 15 is 0 Å². The molecular weight excluding hydrogens is 223 g/mol. The zero-order valence-corrected chi connectivity index (χ0v) is 11.0. The molecule has 0 amide bonds. The summed E-state index contributed by atoms with van der Waals surface area (Å²) in [4.78, 5) is 0. The second-order valence-corrected chi connectivity index (χ2v) is 6.15. The van der Waals surface area contributed by atoms with Crippen LogP contribution in [0.5, 0.6) is 0 Å². The lowest BCUT2D eigenvalue weighted by Gasteiger charge is -2.22. The molecule has 3 nitrogen and oxygen atoms in total. The first-order chi connectivity index (χ1) is 6.39. The lowest BCUT2D eigenvalue weighted by molar-refractivity contribution is 0.142. The molecule has 0 unspecified atom stereocenters. The first-order valence-corrected chi connectivity index (χ1v) is 7.17. The van der Waals surface area contributed by atoms with Crippen molar-refractivity contribution in [3.8, 4) is 0 Å². The van der Waals surface area contributed by atoms with Gasteiger partial charge < -0.3 is 9.05 Å². The van der Waals surface area contributed by atoms with Crippen molar-refractivity contribution in [1.82, 2.24) is 0 Å². The standard InChI is InChI=1S/C9H20ClO3P/c1-8(2)12-14(11,7-5-6-10)13-9(3)4/h8-9H,5-7H2,1-4H3. The Hall–Kier alpha value is 0.440. The summed E-state index contributed by atoms with van der Waals surface area (Å²) in [6, 6.07) is 0. The second-order valence-electron chi connectivity index (χ2n) is 3.69. The fourth-order valence-electron chi connectivity index (χ4n) is 1.03. The summed E-state index contributed by atoms with van der Waals surface area (Å²) < 4.78 is 22.7. The molecule has 0 saturated heterocycles. The van der Waals surface area contributed by atoms with E-state index in [4.69, 9.17) is 20.6 Å². The molecule has 0 bridgehead atoms. The smallest absolute Gasteiger partial charge is 0.306 e. The third-order valence-corrected chi connectivity index (χ3v) is 3.93. The molecule has 5 heteroatoms. The van der Waals surface area contributed by atoms with E-state index in [0.29, 0.717) is 18.5 Å². The molecule has 0 N–H and O–H groups in total. The average molecular weight is 243 g/mol. The molecule has 0 aliphatic carbocycles. The first-order valence-electron chi connectivity index (χ1n) is 4.91. The predicted molar refractivity (Wildman–Crippen MR) is 60.3 cm³/mol. The molecule has 0 saturated carbocycles. The molecule has 0 aliphatic rings. The van der Waals surface area contributed by atoms with Crippen molar-refractivity contribution in [2.75, 3.05) is 12.0 Å². The average Bonchev–Trinajstić information content (AvgIpc) is 1.97. The molecule has 0 radical (unpaired) electrons. The monoisotopic (exact) mass is 242 g/mol. The number of hydrogen-bond donors (Lipinski definition) is 0. The molecule has 86 valence electrons. The van der Waals surface area contributed by atoms with Crippen molar-refractivity contribution in [1.29, 1.82) is 0 Å². The Morgan fingerprint density at radius 3 is 1.86 bits per heavy atom. The van der Waals surface area contributed by atoms with Crippen LogP contribution in [0.25, 0.3) is 0 Å². The summed E-state index contributed by atoms with van der Waals surface area (Å²) in [5.41, 5.74) is 0. The van der Waals surface area contributed by atoms with Crippen LogP contribution in [0.4, 0.5) is 0 Å². The van der Waals surface area contributed by atoms with E-state index in [1.54, 1.807) is 0 Å². The van der Waals surface area contributed by atoms with Crippen molar-refractivity contribution < 1.29 is 13.6 Å². The summed E-state index contributed by atoms with van der Waals surface area (Å²) in [6.07, 6.45) is 0.871. The van der Waals surface area contributed by atoms with E-state index in [9.17, 15) is 4.57 Å². The minimum atomic E-state index is -2.93. The Kier molecular flexibility index (Phi) is 7.05. The minimum Gasteiger partial charge on any atom is -0.306 e. The summed E-state index contributed by atoms with van der Waals surface area (Å²) in [5.74, 6) is 0.479. The maximum Gasteiger partial charge on any atom is 0.331 e. The van der Waals surface area contributed by atoms with E-state index in [1.165, 1.54) is 0 Å². The zero-order chi connectivity index (χ0) is 11.2. The Morgan fingerprint density at radius 1 is 1.14 bits per heavy atom. The summed E-state index contributed by atoms with van der Waals surface area (Å²) >= 11 is 5.55. The summed E-state index contributed by atoms with van der Waals surface area (Å²) in [5, 5.41) is 0. The van der Waals surface area contributed by atoms with Gasteiger partial charge in [-0.15, -0.1) is 11.6 Å². The van der Waals surface area contributed by atoms with E-state index in [0.717, 1.165) is 0 Å². The van der Waals surface area contributed by atoms with Gasteiger partial charge in [0.15, 0.2) is 0 Å². The van der Waals surface area contributed by atoms with E-state index in [2.05, 4.69) is 0 Å². The van der Waals surface area contributed by atoms with E-state index < -0.39 is 7.60 Å². The van der Waals surface area contributed by atoms with Crippen LogP contribution in [0.2, 0.25) is 0 Å². The van der Waals surface area contributed by atoms with Gasteiger partial charge >= 0.3 is 7.60 Å². The summed E-state index contributed by atoms with van der Waals surface area (Å²) in [6.45, 7) is 7.38. The van der Waals surface area contributed by atoms with E-state index in [1.807, 2.05) is 27.7 Å². The Morgan fingerprint density at radius 2 is 1.57 bits per heavy atom. The van der Waals surface area contributed by atoms with Crippen LogP contribution in [0.15, 0.2) is 0 Å². The third kappa shape index (κ3) is 6.83. The van der Waals surface area contributed by atoms with Crippen LogP contribution < -0.4 is 0 Å². The fourth-order valence-corrected chi connectivity index (χ4v) is 3.44. The molecule has 0 aromatic rings. The Labute approximate surface area is 91.7 Å². The van der Waals surface area contributed by atoms with E-state index in [-0.39, 0.29) is 12.2 Å². The topological polar surface area (TPSA) is 35.5 Å². The van der Waals surface area contributed by atoms with Crippen molar-refractivity contribution in [3.63, 3.8) is 0 Å². The lowest BCUT2D eigenvalue weighted by Crippen LogP contribution is -2.10. The van der Waals surface area contributed by atoms with Gasteiger partial charge in [-0.25, -0.2) is 0 Å². The molecule has 14 heavy (non-hydrogen) atoms. The molecule has 0 aromatic heterocycles. The first kappa shape index (κ1) is 14.4. The largest absolute Gasteiger partial charge is 0.331 e. The van der Waals surface area contributed by atoms with Crippen LogP contribution in [0.1, 0.15) is 34.1 Å². The quantitative estimate of drug-likeness (QED) is 0.505. The number of alkyl halides is 1. The Balaban J connectivity index is 4.26. The lowest BCUT2D eigenvalue weighted by atomic mass is 10.5. The van der Waals surface area contributed by atoms with Gasteiger partial charge in [0.1, 0.15) is 0 Å². The maximum absolute atomic E-state index is 12.1. The molecule has 0 fully saturated rings. The summed E-state index contributed by atoms with van der Waals surface area (Å²) in [7, 11) is -2.93. The molecule has 0 aliphatic heterocycles. The molecule has 0 aromatic carbocycles. The van der Waals surface area contributed by atoms with Crippen molar-refractivity contribution >= 4 is 19.2 Å². The molecule has 0 heterocycles. The van der Waals surface area contributed by atoms with Crippen LogP contribution in [-0.4, -0.2) is 24.2 Å². The van der Waals surface area contributed by atoms with Gasteiger partial charge in [-0.3, -0.25) is 4.57 Å². The van der Waals surface area contributed by atoms with Gasteiger partial charge in [0.05, 0.1) is 18.4 Å². The van der Waals surface area contributed by atoms with Crippen LogP contribution in [-0.2, 0) is 13.6 Å². The molecule has 0 atom stereocenters. The maximum atomic E-state index is 12.1. The van der Waals surface area contributed by atoms with Crippen LogP contribution >= 0.6 is 19.2 Å². The van der Waals surface area contributed by atoms with Crippen LogP contribution in [0, 0.1) is 0 Å². The Bertz CT molecular complexity index is 180. The third-order valence-electron chi connectivity index (χ3n) is 1.31. The normalized spacial score (nSPS) is 12.8. The van der Waals surface area contributed by atoms with Crippen LogP contribution in [0.3, 0.4) is 0 Å². The fraction of sp³-hybridized carbons (Fsp3) is 1.00. The molecule has 0 spiro atoms. The predicted octanol–water partition coefficient (Wildman–Crippen LogP) is 3.66. The van der Waals surface area contributed by atoms with Gasteiger partial charge in [0.2, 0.25) is 0 Å². The zero-order valence-electron chi connectivity index (χ0n) is 9.33. The number of halogens is 1.